The lowest BCUT2D eigenvalue weighted by Gasteiger charge is -2.42. The molecule has 1 aromatic carbocycles. The minimum Gasteiger partial charge on any atom is -0.463 e. The summed E-state index contributed by atoms with van der Waals surface area (Å²) in [5.74, 6) is 0.437. The molecule has 3 aliphatic rings. The number of furan rings is 1. The third kappa shape index (κ3) is 3.90. The van der Waals surface area contributed by atoms with Crippen molar-refractivity contribution in [3.63, 3.8) is 0 Å². The molecule has 0 spiro atoms. The summed E-state index contributed by atoms with van der Waals surface area (Å²) < 4.78 is 5.55. The number of carbonyl (C=O) groups excluding carboxylic acids is 2. The Labute approximate surface area is 171 Å². The molecule has 1 N–H and O–H groups in total. The first-order chi connectivity index (χ1) is 14.2. The summed E-state index contributed by atoms with van der Waals surface area (Å²) in [5, 5.41) is 4.06. The van der Waals surface area contributed by atoms with Gasteiger partial charge in [0.2, 0.25) is 5.91 Å². The molecule has 0 bridgehead atoms. The second-order valence-corrected chi connectivity index (χ2v) is 8.79. The van der Waals surface area contributed by atoms with Gasteiger partial charge < -0.3 is 14.6 Å². The number of fused-ring (bicyclic) bond motifs is 1. The third-order valence-electron chi connectivity index (χ3n) is 6.73. The largest absolute Gasteiger partial charge is 0.463 e. The number of carbonyl (C=O) groups is 2. The van der Waals surface area contributed by atoms with Crippen LogP contribution in [0.4, 0.5) is 0 Å². The maximum absolute atomic E-state index is 13.0. The van der Waals surface area contributed by atoms with E-state index in [9.17, 15) is 9.59 Å². The number of likely N-dealkylation sites (tertiary alicyclic amines) is 2. The average molecular weight is 396 g/mol. The molecule has 5 rings (SSSR count). The quantitative estimate of drug-likeness (QED) is 0.864. The molecule has 2 saturated heterocycles. The first-order valence-corrected chi connectivity index (χ1v) is 11.0. The van der Waals surface area contributed by atoms with Crippen LogP contribution in [0.15, 0.2) is 34.9 Å². The fraction of sp³-hybridized carbons (Fsp3) is 0.565. The number of amides is 2. The highest BCUT2D eigenvalue weighted by Gasteiger charge is 2.34. The number of benzene rings is 1. The summed E-state index contributed by atoms with van der Waals surface area (Å²) in [6.07, 6.45) is 7.90. The van der Waals surface area contributed by atoms with Crippen LogP contribution in [0, 0.1) is 5.92 Å². The van der Waals surface area contributed by atoms with Gasteiger partial charge in [-0.05, 0) is 51.1 Å². The van der Waals surface area contributed by atoms with Gasteiger partial charge in [0.25, 0.3) is 5.91 Å². The molecule has 3 fully saturated rings. The highest BCUT2D eigenvalue weighted by atomic mass is 16.3. The Morgan fingerprint density at radius 1 is 1.00 bits per heavy atom. The topological polar surface area (TPSA) is 65.8 Å². The first kappa shape index (κ1) is 18.7. The number of hydrogen-bond donors (Lipinski definition) is 1. The van der Waals surface area contributed by atoms with Gasteiger partial charge in [0.15, 0.2) is 0 Å². The van der Waals surface area contributed by atoms with E-state index in [2.05, 4.69) is 10.2 Å². The molecule has 0 unspecified atom stereocenters. The van der Waals surface area contributed by atoms with Crippen LogP contribution in [-0.4, -0.2) is 59.9 Å². The summed E-state index contributed by atoms with van der Waals surface area (Å²) in [6.45, 7) is 3.46. The lowest BCUT2D eigenvalue weighted by molar-refractivity contribution is -0.127. The van der Waals surface area contributed by atoms with Gasteiger partial charge in [-0.1, -0.05) is 18.2 Å². The minimum atomic E-state index is 0.0636. The predicted molar refractivity (Wildman–Crippen MR) is 111 cm³/mol. The minimum absolute atomic E-state index is 0.0636. The second kappa shape index (κ2) is 7.82. The molecular formula is C23H29N3O3. The Hall–Kier alpha value is -2.34. The molecule has 2 aliphatic heterocycles. The van der Waals surface area contributed by atoms with Crippen molar-refractivity contribution in [2.24, 2.45) is 5.92 Å². The van der Waals surface area contributed by atoms with Crippen molar-refractivity contribution in [3.05, 3.63) is 36.1 Å². The summed E-state index contributed by atoms with van der Waals surface area (Å²) in [6, 6.07) is 8.60. The van der Waals surface area contributed by atoms with Gasteiger partial charge >= 0.3 is 0 Å². The summed E-state index contributed by atoms with van der Waals surface area (Å²) >= 11 is 0. The molecule has 1 atom stereocenters. The zero-order chi connectivity index (χ0) is 19.8. The Morgan fingerprint density at radius 2 is 1.79 bits per heavy atom. The summed E-state index contributed by atoms with van der Waals surface area (Å²) in [4.78, 5) is 29.9. The molecule has 1 aromatic heterocycles. The fourth-order valence-electron chi connectivity index (χ4n) is 4.85. The van der Waals surface area contributed by atoms with Crippen LogP contribution >= 0.6 is 0 Å². The van der Waals surface area contributed by atoms with Crippen LogP contribution in [0.2, 0.25) is 0 Å². The van der Waals surface area contributed by atoms with E-state index < -0.39 is 0 Å². The fourth-order valence-corrected chi connectivity index (χ4v) is 4.85. The molecule has 3 heterocycles. The normalized spacial score (nSPS) is 24.0. The Balaban J connectivity index is 1.18. The lowest BCUT2D eigenvalue weighted by Crippen LogP contribution is -2.51. The van der Waals surface area contributed by atoms with E-state index in [1.54, 1.807) is 6.26 Å². The highest BCUT2D eigenvalue weighted by Crippen LogP contribution is 2.28. The Kier molecular flexibility index (Phi) is 5.04. The third-order valence-corrected chi connectivity index (χ3v) is 6.73. The molecule has 2 aromatic rings. The monoisotopic (exact) mass is 395 g/mol. The first-order valence-electron chi connectivity index (χ1n) is 11.0. The van der Waals surface area contributed by atoms with Crippen molar-refractivity contribution in [1.29, 1.82) is 0 Å². The van der Waals surface area contributed by atoms with Crippen molar-refractivity contribution in [2.75, 3.05) is 26.2 Å². The Morgan fingerprint density at radius 3 is 2.59 bits per heavy atom. The van der Waals surface area contributed by atoms with Gasteiger partial charge in [0.1, 0.15) is 11.8 Å². The maximum atomic E-state index is 13.0. The van der Waals surface area contributed by atoms with E-state index in [1.165, 1.54) is 0 Å². The molecule has 6 heteroatoms. The number of piperidine rings is 2. The summed E-state index contributed by atoms with van der Waals surface area (Å²) in [7, 11) is 0. The second-order valence-electron chi connectivity index (χ2n) is 8.79. The number of rotatable bonds is 4. The predicted octanol–water partition coefficient (Wildman–Crippen LogP) is 3.03. The van der Waals surface area contributed by atoms with E-state index in [0.29, 0.717) is 17.6 Å². The highest BCUT2D eigenvalue weighted by molar-refractivity contribution is 6.05. The van der Waals surface area contributed by atoms with Crippen molar-refractivity contribution in [1.82, 2.24) is 15.1 Å². The molecule has 1 aliphatic carbocycles. The summed E-state index contributed by atoms with van der Waals surface area (Å²) in [5.41, 5.74) is 1.42. The van der Waals surface area contributed by atoms with Gasteiger partial charge in [-0.3, -0.25) is 14.5 Å². The van der Waals surface area contributed by atoms with Gasteiger partial charge in [0, 0.05) is 37.1 Å². The van der Waals surface area contributed by atoms with Crippen molar-refractivity contribution < 1.29 is 14.0 Å². The van der Waals surface area contributed by atoms with Gasteiger partial charge in [-0.2, -0.15) is 0 Å². The van der Waals surface area contributed by atoms with Gasteiger partial charge in [-0.15, -0.1) is 0 Å². The van der Waals surface area contributed by atoms with E-state index in [0.717, 1.165) is 75.7 Å². The van der Waals surface area contributed by atoms with Crippen molar-refractivity contribution in [3.8, 4) is 0 Å². The van der Waals surface area contributed by atoms with Crippen LogP contribution in [0.3, 0.4) is 0 Å². The van der Waals surface area contributed by atoms with Crippen LogP contribution in [0.5, 0.6) is 0 Å². The van der Waals surface area contributed by atoms with E-state index in [-0.39, 0.29) is 17.7 Å². The van der Waals surface area contributed by atoms with Crippen molar-refractivity contribution in [2.45, 2.75) is 50.6 Å². The number of nitrogens with one attached hydrogen (secondary N) is 1. The molecule has 2 amide bonds. The molecule has 0 radical (unpaired) electrons. The molecule has 29 heavy (non-hydrogen) atoms. The van der Waals surface area contributed by atoms with Crippen LogP contribution in [0.25, 0.3) is 11.0 Å². The van der Waals surface area contributed by atoms with Crippen LogP contribution in [-0.2, 0) is 4.79 Å². The van der Waals surface area contributed by atoms with Crippen LogP contribution < -0.4 is 5.32 Å². The molecule has 1 saturated carbocycles. The van der Waals surface area contributed by atoms with E-state index >= 15 is 0 Å². The lowest BCUT2D eigenvalue weighted by atomic mass is 9.93. The van der Waals surface area contributed by atoms with E-state index in [1.807, 2.05) is 29.2 Å². The number of nitrogens with zero attached hydrogens (tertiary/aromatic N) is 2. The zero-order valence-corrected chi connectivity index (χ0v) is 16.8. The van der Waals surface area contributed by atoms with Crippen LogP contribution in [0.1, 0.15) is 48.9 Å². The number of para-hydroxylation sites is 1. The zero-order valence-electron chi connectivity index (χ0n) is 16.8. The average Bonchev–Trinajstić information content (AvgIpc) is 3.48. The standard InChI is InChI=1S/C23H29N3O3/c27-22(24-17-7-8-17)16-4-3-11-26(14-16)18-9-12-25(13-10-18)23(28)20-15-29-21-6-2-1-5-19(20)21/h1-2,5-6,15-18H,3-4,7-14H2,(H,24,27)/t16-/m1/s1. The molecule has 6 nitrogen and oxygen atoms in total. The SMILES string of the molecule is O=C(NC1CC1)[C@@H]1CCCN(C2CCN(C(=O)c3coc4ccccc34)CC2)C1. The number of hydrogen-bond acceptors (Lipinski definition) is 4. The Bertz CT molecular complexity index is 896. The van der Waals surface area contributed by atoms with Gasteiger partial charge in [-0.25, -0.2) is 0 Å². The van der Waals surface area contributed by atoms with Gasteiger partial charge in [0.05, 0.1) is 11.5 Å². The maximum Gasteiger partial charge on any atom is 0.257 e. The molecular weight excluding hydrogens is 366 g/mol. The van der Waals surface area contributed by atoms with Crippen molar-refractivity contribution >= 4 is 22.8 Å². The van der Waals surface area contributed by atoms with E-state index in [4.69, 9.17) is 4.42 Å². The molecule has 154 valence electrons. The smallest absolute Gasteiger partial charge is 0.257 e.